The average Bonchev–Trinajstić information content (AvgIpc) is 3.15. The Balaban J connectivity index is 0.00000456. The van der Waals surface area contributed by atoms with Gasteiger partial charge in [0.2, 0.25) is 0 Å². The molecule has 0 fully saturated rings. The van der Waals surface area contributed by atoms with Crippen LogP contribution in [0.3, 0.4) is 0 Å². The van der Waals surface area contributed by atoms with Gasteiger partial charge in [-0.2, -0.15) is 13.2 Å². The first-order valence-corrected chi connectivity index (χ1v) is 10.5. The van der Waals surface area contributed by atoms with E-state index in [1.807, 2.05) is 0 Å². The molecule has 197 valence electrons. The summed E-state index contributed by atoms with van der Waals surface area (Å²) < 4.78 is 65.9. The fraction of sp³-hybridized carbons (Fsp3) is 0.333. The molecule has 1 aliphatic heterocycles. The van der Waals surface area contributed by atoms with Gasteiger partial charge in [0, 0.05) is 34.8 Å². The Morgan fingerprint density at radius 3 is 2.33 bits per heavy atom. The Kier molecular flexibility index (Phi) is 8.79. The zero-order valence-corrected chi connectivity index (χ0v) is 20.6. The van der Waals surface area contributed by atoms with Gasteiger partial charge in [-0.05, 0) is 26.3 Å². The monoisotopic (exact) mass is 554 g/mol. The number of aldehydes is 1. The molecule has 1 radical (unpaired) electrons. The van der Waals surface area contributed by atoms with Crippen molar-refractivity contribution in [3.05, 3.63) is 60.4 Å². The number of hydrogen-bond donors (Lipinski definition) is 0. The summed E-state index contributed by atoms with van der Waals surface area (Å²) in [5, 5.41) is 0. The number of fused-ring (bicyclic) bond motifs is 1. The first-order valence-electron chi connectivity index (χ1n) is 10.5. The second-order valence-electron chi connectivity index (χ2n) is 8.80. The molecule has 2 aromatic rings. The number of carbonyl (C=O) groups excluding carboxylic acids is 3. The minimum atomic E-state index is -5.34. The largest absolute Gasteiger partial charge is 0.487 e. The molecule has 1 aliphatic rings. The van der Waals surface area contributed by atoms with Gasteiger partial charge >= 0.3 is 18.2 Å². The molecule has 0 bridgehead atoms. The third kappa shape index (κ3) is 6.16. The second-order valence-corrected chi connectivity index (χ2v) is 8.80. The second kappa shape index (κ2) is 10.9. The van der Waals surface area contributed by atoms with Crippen molar-refractivity contribution < 1.29 is 58.2 Å². The predicted molar refractivity (Wildman–Crippen MR) is 118 cm³/mol. The summed E-state index contributed by atoms with van der Waals surface area (Å²) in [5.74, 6) is -4.16. The molecule has 0 aromatic heterocycles. The number of carbonyl (C=O) groups is 3. The smallest absolute Gasteiger partial charge is 0.469 e. The number of alkyl halides is 3. The molecule has 0 unspecified atom stereocenters. The molecule has 0 aliphatic carbocycles. The van der Waals surface area contributed by atoms with E-state index in [0.29, 0.717) is 11.8 Å². The van der Waals surface area contributed by atoms with Crippen LogP contribution in [0.2, 0.25) is 0 Å². The Morgan fingerprint density at radius 1 is 1.19 bits per heavy atom. The van der Waals surface area contributed by atoms with Crippen LogP contribution in [0.1, 0.15) is 31.9 Å². The van der Waals surface area contributed by atoms with Gasteiger partial charge in [0.15, 0.2) is 5.82 Å². The van der Waals surface area contributed by atoms with E-state index < -0.39 is 47.1 Å². The van der Waals surface area contributed by atoms with Crippen LogP contribution in [0.25, 0.3) is 0 Å². The van der Waals surface area contributed by atoms with Crippen LogP contribution in [0.5, 0.6) is 5.75 Å². The summed E-state index contributed by atoms with van der Waals surface area (Å²) in [6.45, 7) is 4.60. The zero-order valence-electron chi connectivity index (χ0n) is 19.5. The summed E-state index contributed by atoms with van der Waals surface area (Å²) in [6, 6.07) is 8.39. The Hall–Kier alpha value is -3.12. The van der Waals surface area contributed by atoms with Crippen LogP contribution >= 0.6 is 0 Å². The molecule has 2 amide bonds. The molecule has 12 heteroatoms. The third-order valence-electron chi connectivity index (χ3n) is 5.03. The van der Waals surface area contributed by atoms with Gasteiger partial charge in [-0.3, -0.25) is 9.69 Å². The maximum atomic E-state index is 15.7. The van der Waals surface area contributed by atoms with E-state index in [4.69, 9.17) is 9.47 Å². The summed E-state index contributed by atoms with van der Waals surface area (Å²) in [6.07, 6.45) is -6.23. The number of rotatable bonds is 5. The van der Waals surface area contributed by atoms with E-state index >= 15 is 4.39 Å². The van der Waals surface area contributed by atoms with Crippen molar-refractivity contribution in [3.8, 4) is 5.75 Å². The number of halogens is 4. The molecule has 7 nitrogen and oxygen atoms in total. The van der Waals surface area contributed by atoms with Gasteiger partial charge in [-0.1, -0.05) is 30.3 Å². The molecule has 3 rings (SSSR count). The first kappa shape index (κ1) is 29.1. The van der Waals surface area contributed by atoms with Crippen molar-refractivity contribution in [1.82, 2.24) is 0 Å². The molecular formula is C24H23CoF4N2O5-. The predicted octanol–water partition coefficient (Wildman–Crippen LogP) is 4.95. The van der Waals surface area contributed by atoms with Crippen LogP contribution in [-0.4, -0.2) is 36.1 Å². The maximum Gasteiger partial charge on any atom is 0.469 e. The number of anilines is 2. The number of amides is 2. The number of ether oxygens (including phenoxy) is 2. The Bertz CT molecular complexity index is 1140. The van der Waals surface area contributed by atoms with Gasteiger partial charge < -0.3 is 19.2 Å². The van der Waals surface area contributed by atoms with E-state index in [1.165, 1.54) is 0 Å². The van der Waals surface area contributed by atoms with Crippen molar-refractivity contribution in [2.24, 2.45) is 0 Å². The van der Waals surface area contributed by atoms with E-state index in [2.05, 4.69) is 7.05 Å². The first-order chi connectivity index (χ1) is 16.2. The molecule has 0 saturated heterocycles. The quantitative estimate of drug-likeness (QED) is 0.297. The molecule has 1 heterocycles. The molecule has 0 N–H and O–H groups in total. The van der Waals surface area contributed by atoms with Crippen LogP contribution in [0.15, 0.2) is 36.4 Å². The summed E-state index contributed by atoms with van der Waals surface area (Å²) in [7, 11) is 3.09. The number of hydrogen-bond acceptors (Lipinski definition) is 5. The van der Waals surface area contributed by atoms with Crippen LogP contribution in [0.4, 0.5) is 33.7 Å². The topological polar surface area (TPSA) is 76.2 Å². The maximum absolute atomic E-state index is 15.7. The van der Waals surface area contributed by atoms with Crippen LogP contribution < -0.4 is 14.5 Å². The molecule has 1 atom stereocenters. The summed E-state index contributed by atoms with van der Waals surface area (Å²) in [5.41, 5.74) is -1.57. The Labute approximate surface area is 215 Å². The molecule has 2 aromatic carbocycles. The van der Waals surface area contributed by atoms with Crippen molar-refractivity contribution in [2.75, 3.05) is 9.80 Å². The van der Waals surface area contributed by atoms with Crippen molar-refractivity contribution in [3.63, 3.8) is 0 Å². The van der Waals surface area contributed by atoms with E-state index in [-0.39, 0.29) is 46.0 Å². The van der Waals surface area contributed by atoms with Gasteiger partial charge in [-0.25, -0.2) is 16.2 Å². The van der Waals surface area contributed by atoms with Gasteiger partial charge in [-0.15, -0.1) is 0 Å². The van der Waals surface area contributed by atoms with Crippen molar-refractivity contribution in [2.45, 2.75) is 51.6 Å². The van der Waals surface area contributed by atoms with Crippen LogP contribution in [-0.2, 0) is 44.1 Å². The zero-order chi connectivity index (χ0) is 26.1. The minimum Gasteiger partial charge on any atom is -0.487 e. The minimum absolute atomic E-state index is 0. The molecule has 0 saturated carbocycles. The van der Waals surface area contributed by atoms with E-state index in [0.717, 1.165) is 11.0 Å². The van der Waals surface area contributed by atoms with Crippen molar-refractivity contribution >= 4 is 29.7 Å². The number of benzene rings is 2. The molecule has 0 spiro atoms. The molecular weight excluding hydrogens is 531 g/mol. The van der Waals surface area contributed by atoms with Gasteiger partial charge in [0.1, 0.15) is 24.2 Å². The normalized spacial score (nSPS) is 15.0. The summed E-state index contributed by atoms with van der Waals surface area (Å²) >= 11 is 0. The standard InChI is InChI=1S/C24H23F4N2O5.Co/c1-23(2,3)35-22(33)30-15(12-31)10-16-17(30)11-18(34-13-14-8-6-5-7-9-14)20(19(16)25)29(4)21(32)24(26,27)28;/h5-9,11-12,15H,4,10,13H2,1-3H3;/q-1;/t15-;/m1./s1. The van der Waals surface area contributed by atoms with Crippen LogP contribution in [0, 0.1) is 12.9 Å². The Morgan fingerprint density at radius 2 is 1.81 bits per heavy atom. The summed E-state index contributed by atoms with van der Waals surface area (Å²) in [4.78, 5) is 37.1. The third-order valence-corrected chi connectivity index (χ3v) is 5.03. The fourth-order valence-electron chi connectivity index (χ4n) is 3.54. The SMILES string of the molecule is [CH2-]N(C(=O)C(F)(F)F)c1c(OCc2ccccc2)cc2c(c1F)C[C@H](C=O)N2C(=O)OC(C)(C)C.[Co]. The average molecular weight is 554 g/mol. The van der Waals surface area contributed by atoms with Gasteiger partial charge in [0.05, 0.1) is 17.4 Å². The van der Waals surface area contributed by atoms with E-state index in [1.54, 1.807) is 51.1 Å². The molecule has 36 heavy (non-hydrogen) atoms. The fourth-order valence-corrected chi connectivity index (χ4v) is 3.54. The van der Waals surface area contributed by atoms with E-state index in [9.17, 15) is 27.6 Å². The number of nitrogens with zero attached hydrogens (tertiary/aromatic N) is 2. The van der Waals surface area contributed by atoms with Crippen molar-refractivity contribution in [1.29, 1.82) is 0 Å². The van der Waals surface area contributed by atoms with Gasteiger partial charge in [0.25, 0.3) is 0 Å².